The number of nitrogens with one attached hydrogen (secondary N) is 2. The van der Waals surface area contributed by atoms with Crippen molar-refractivity contribution in [2.75, 3.05) is 23.8 Å². The minimum Gasteiger partial charge on any atom is -0.441 e. The van der Waals surface area contributed by atoms with Gasteiger partial charge in [0.15, 0.2) is 0 Å². The van der Waals surface area contributed by atoms with Crippen LogP contribution in [-0.2, 0) is 13.0 Å². The monoisotopic (exact) mass is 481 g/mol. The minimum absolute atomic E-state index is 0.154. The fraction of sp³-hybridized carbons (Fsp3) is 0.214. The molecule has 8 nitrogen and oxygen atoms in total. The van der Waals surface area contributed by atoms with Crippen molar-refractivity contribution in [3.63, 3.8) is 0 Å². The van der Waals surface area contributed by atoms with Crippen LogP contribution in [-0.4, -0.2) is 35.4 Å². The smallest absolute Gasteiger partial charge is 0.257 e. The molecule has 2 N–H and O–H groups in total. The third-order valence-electron chi connectivity index (χ3n) is 6.33. The zero-order valence-electron chi connectivity index (χ0n) is 20.2. The van der Waals surface area contributed by atoms with Gasteiger partial charge < -0.3 is 20.0 Å². The highest BCUT2D eigenvalue weighted by Gasteiger charge is 2.19. The highest BCUT2D eigenvalue weighted by molar-refractivity contribution is 6.05. The first-order valence-corrected chi connectivity index (χ1v) is 11.9. The number of carbonyl (C=O) groups excluding carboxylic acids is 2. The van der Waals surface area contributed by atoms with Crippen molar-refractivity contribution >= 4 is 23.2 Å². The van der Waals surface area contributed by atoms with Gasteiger partial charge in [-0.05, 0) is 67.8 Å². The standard InChI is InChI=1S/C28H27N5O3/c1-18-24(17-30-26(34)20-11-12-25-19(15-20)8-6-14-33(25)2)32-28(36-18)22-9-3-4-10-23(22)31-27(35)21-7-5-13-29-16-21/h3-5,7,9-13,15-16H,6,8,14,17H2,1-2H3,(H,30,34)(H,31,35). The lowest BCUT2D eigenvalue weighted by atomic mass is 9.99. The zero-order valence-corrected chi connectivity index (χ0v) is 20.2. The Bertz CT molecular complexity index is 1410. The summed E-state index contributed by atoms with van der Waals surface area (Å²) in [6, 6.07) is 16.6. The van der Waals surface area contributed by atoms with Gasteiger partial charge in [-0.1, -0.05) is 12.1 Å². The molecular weight excluding hydrogens is 454 g/mol. The van der Waals surface area contributed by atoms with Gasteiger partial charge in [-0.3, -0.25) is 14.6 Å². The Morgan fingerprint density at radius 1 is 1.06 bits per heavy atom. The van der Waals surface area contributed by atoms with E-state index in [0.29, 0.717) is 39.7 Å². The number of carbonyl (C=O) groups is 2. The molecule has 2 aromatic carbocycles. The number of aryl methyl sites for hydroxylation is 2. The number of rotatable bonds is 6. The third-order valence-corrected chi connectivity index (χ3v) is 6.33. The van der Waals surface area contributed by atoms with Crippen molar-refractivity contribution < 1.29 is 14.0 Å². The predicted octanol–water partition coefficient (Wildman–Crippen LogP) is 4.61. The predicted molar refractivity (Wildman–Crippen MR) is 138 cm³/mol. The maximum Gasteiger partial charge on any atom is 0.257 e. The number of nitrogens with zero attached hydrogens (tertiary/aromatic N) is 3. The molecule has 2 amide bonds. The van der Waals surface area contributed by atoms with E-state index in [-0.39, 0.29) is 18.4 Å². The average Bonchev–Trinajstić information content (AvgIpc) is 3.28. The van der Waals surface area contributed by atoms with E-state index in [0.717, 1.165) is 19.4 Å². The van der Waals surface area contributed by atoms with E-state index in [4.69, 9.17) is 4.42 Å². The molecule has 0 bridgehead atoms. The second-order valence-corrected chi connectivity index (χ2v) is 8.81. The van der Waals surface area contributed by atoms with Crippen molar-refractivity contribution in [1.29, 1.82) is 0 Å². The summed E-state index contributed by atoms with van der Waals surface area (Å²) < 4.78 is 5.92. The van der Waals surface area contributed by atoms with Crippen LogP contribution in [0, 0.1) is 6.92 Å². The fourth-order valence-corrected chi connectivity index (χ4v) is 4.37. The van der Waals surface area contributed by atoms with Crippen LogP contribution in [0.1, 0.15) is 44.2 Å². The van der Waals surface area contributed by atoms with E-state index in [1.54, 1.807) is 24.4 Å². The largest absolute Gasteiger partial charge is 0.441 e. The third kappa shape index (κ3) is 4.84. The van der Waals surface area contributed by atoms with Gasteiger partial charge >= 0.3 is 0 Å². The highest BCUT2D eigenvalue weighted by Crippen LogP contribution is 2.30. The van der Waals surface area contributed by atoms with E-state index in [1.807, 2.05) is 43.3 Å². The maximum atomic E-state index is 12.8. The van der Waals surface area contributed by atoms with Gasteiger partial charge in [0.25, 0.3) is 11.8 Å². The number of oxazole rings is 1. The molecule has 0 atom stereocenters. The summed E-state index contributed by atoms with van der Waals surface area (Å²) in [6.45, 7) is 3.07. The van der Waals surface area contributed by atoms with E-state index in [9.17, 15) is 9.59 Å². The Balaban J connectivity index is 1.30. The van der Waals surface area contributed by atoms with Gasteiger partial charge in [-0.25, -0.2) is 4.98 Å². The summed E-state index contributed by atoms with van der Waals surface area (Å²) in [6.07, 6.45) is 5.18. The van der Waals surface area contributed by atoms with E-state index in [2.05, 4.69) is 32.5 Å². The lowest BCUT2D eigenvalue weighted by Gasteiger charge is -2.27. The van der Waals surface area contributed by atoms with Crippen molar-refractivity contribution in [1.82, 2.24) is 15.3 Å². The van der Waals surface area contributed by atoms with Gasteiger partial charge in [0.1, 0.15) is 11.5 Å². The molecule has 0 radical (unpaired) electrons. The lowest BCUT2D eigenvalue weighted by molar-refractivity contribution is 0.0949. The number of amides is 2. The summed E-state index contributed by atoms with van der Waals surface area (Å²) in [5, 5.41) is 5.86. The number of anilines is 2. The summed E-state index contributed by atoms with van der Waals surface area (Å²) in [5.41, 5.74) is 5.31. The fourth-order valence-electron chi connectivity index (χ4n) is 4.37. The van der Waals surface area contributed by atoms with Crippen LogP contribution in [0.15, 0.2) is 71.4 Å². The lowest BCUT2D eigenvalue weighted by Crippen LogP contribution is -2.26. The molecule has 36 heavy (non-hydrogen) atoms. The van der Waals surface area contributed by atoms with Crippen LogP contribution in [0.3, 0.4) is 0 Å². The SMILES string of the molecule is Cc1oc(-c2ccccc2NC(=O)c2cccnc2)nc1CNC(=O)c1ccc2c(c1)CCCN2C. The molecule has 5 rings (SSSR count). The Kier molecular flexibility index (Phi) is 6.49. The Morgan fingerprint density at radius 3 is 2.75 bits per heavy atom. The average molecular weight is 482 g/mol. The first kappa shape index (κ1) is 23.3. The topological polar surface area (TPSA) is 100 Å². The number of hydrogen-bond acceptors (Lipinski definition) is 6. The molecular formula is C28H27N5O3. The Labute approximate surface area is 209 Å². The molecule has 8 heteroatoms. The molecule has 4 aromatic rings. The molecule has 0 unspecified atom stereocenters. The second kappa shape index (κ2) is 10.0. The molecule has 1 aliphatic rings. The van der Waals surface area contributed by atoms with Crippen LogP contribution in [0.2, 0.25) is 0 Å². The minimum atomic E-state index is -0.275. The molecule has 2 aromatic heterocycles. The summed E-state index contributed by atoms with van der Waals surface area (Å²) in [5.74, 6) is 0.545. The second-order valence-electron chi connectivity index (χ2n) is 8.81. The first-order valence-electron chi connectivity index (χ1n) is 11.9. The van der Waals surface area contributed by atoms with Crippen LogP contribution in [0.5, 0.6) is 0 Å². The van der Waals surface area contributed by atoms with E-state index in [1.165, 1.54) is 17.4 Å². The summed E-state index contributed by atoms with van der Waals surface area (Å²) >= 11 is 0. The highest BCUT2D eigenvalue weighted by atomic mass is 16.4. The molecule has 1 aliphatic heterocycles. The summed E-state index contributed by atoms with van der Waals surface area (Å²) in [4.78, 5) is 36.3. The number of hydrogen-bond donors (Lipinski definition) is 2. The van der Waals surface area contributed by atoms with Gasteiger partial charge in [0.2, 0.25) is 5.89 Å². The van der Waals surface area contributed by atoms with Crippen molar-refractivity contribution in [3.05, 3.63) is 95.1 Å². The number of para-hydroxylation sites is 1. The van der Waals surface area contributed by atoms with Crippen molar-refractivity contribution in [2.24, 2.45) is 0 Å². The Hall–Kier alpha value is -4.46. The normalized spacial score (nSPS) is 12.7. The van der Waals surface area contributed by atoms with Crippen molar-refractivity contribution in [2.45, 2.75) is 26.3 Å². The number of benzene rings is 2. The number of aromatic nitrogens is 2. The van der Waals surface area contributed by atoms with Crippen LogP contribution in [0.4, 0.5) is 11.4 Å². The van der Waals surface area contributed by atoms with Crippen LogP contribution < -0.4 is 15.5 Å². The number of fused-ring (bicyclic) bond motifs is 1. The molecule has 0 fully saturated rings. The van der Waals surface area contributed by atoms with Gasteiger partial charge in [0.05, 0.1) is 23.4 Å². The summed E-state index contributed by atoms with van der Waals surface area (Å²) in [7, 11) is 2.07. The molecule has 0 aliphatic carbocycles. The molecule has 0 saturated heterocycles. The van der Waals surface area contributed by atoms with Crippen LogP contribution >= 0.6 is 0 Å². The molecule has 3 heterocycles. The van der Waals surface area contributed by atoms with Gasteiger partial charge in [-0.15, -0.1) is 0 Å². The Morgan fingerprint density at radius 2 is 1.92 bits per heavy atom. The van der Waals surface area contributed by atoms with Gasteiger partial charge in [0, 0.05) is 37.2 Å². The molecule has 0 spiro atoms. The first-order chi connectivity index (χ1) is 17.5. The zero-order chi connectivity index (χ0) is 25.1. The van der Waals surface area contributed by atoms with Gasteiger partial charge in [-0.2, -0.15) is 0 Å². The van der Waals surface area contributed by atoms with E-state index < -0.39 is 0 Å². The molecule has 182 valence electrons. The van der Waals surface area contributed by atoms with E-state index >= 15 is 0 Å². The van der Waals surface area contributed by atoms with Crippen molar-refractivity contribution in [3.8, 4) is 11.5 Å². The van der Waals surface area contributed by atoms with Crippen LogP contribution in [0.25, 0.3) is 11.5 Å². The number of pyridine rings is 1. The molecule has 0 saturated carbocycles. The maximum absolute atomic E-state index is 12.8. The quantitative estimate of drug-likeness (QED) is 0.417.